The zero-order chi connectivity index (χ0) is 15.1. The van der Waals surface area contributed by atoms with Gasteiger partial charge in [-0.3, -0.25) is 0 Å². The van der Waals surface area contributed by atoms with Crippen molar-refractivity contribution >= 4 is 22.4 Å². The summed E-state index contributed by atoms with van der Waals surface area (Å²) in [7, 11) is -3.41. The Labute approximate surface area is 134 Å². The molecule has 0 spiro atoms. The summed E-state index contributed by atoms with van der Waals surface area (Å²) in [6.45, 7) is 9.23. The van der Waals surface area contributed by atoms with Crippen LogP contribution in [0.15, 0.2) is 29.2 Å². The molecular weight excluding hydrogens is 308 g/mol. The van der Waals surface area contributed by atoms with Gasteiger partial charge in [-0.05, 0) is 29.0 Å². The van der Waals surface area contributed by atoms with Crippen LogP contribution in [-0.2, 0) is 15.4 Å². The molecular formula is C15H25ClN2O2S. The second-order valence-electron chi connectivity index (χ2n) is 6.74. The van der Waals surface area contributed by atoms with E-state index in [2.05, 4.69) is 20.8 Å². The molecule has 0 radical (unpaired) electrons. The first kappa shape index (κ1) is 18.4. The number of halogens is 1. The topological polar surface area (TPSA) is 63.4 Å². The molecule has 6 heteroatoms. The van der Waals surface area contributed by atoms with Crippen molar-refractivity contribution in [3.8, 4) is 0 Å². The molecule has 0 bridgehead atoms. The number of rotatable bonds is 2. The molecule has 1 aliphatic heterocycles. The van der Waals surface area contributed by atoms with E-state index in [0.717, 1.165) is 5.56 Å². The molecule has 1 aromatic rings. The first-order chi connectivity index (χ1) is 9.12. The van der Waals surface area contributed by atoms with Gasteiger partial charge in [0.25, 0.3) is 0 Å². The van der Waals surface area contributed by atoms with Crippen LogP contribution in [0.1, 0.15) is 33.3 Å². The van der Waals surface area contributed by atoms with E-state index < -0.39 is 10.0 Å². The average Bonchev–Trinajstić information content (AvgIpc) is 2.69. The van der Waals surface area contributed by atoms with Gasteiger partial charge in [0.2, 0.25) is 10.0 Å². The number of nitrogens with two attached hydrogens (primary N) is 1. The highest BCUT2D eigenvalue weighted by molar-refractivity contribution is 7.89. The molecule has 2 unspecified atom stereocenters. The Morgan fingerprint density at radius 3 is 2.05 bits per heavy atom. The number of sulfonamides is 1. The first-order valence-electron chi connectivity index (χ1n) is 6.98. The third kappa shape index (κ3) is 3.77. The van der Waals surface area contributed by atoms with Crippen LogP contribution in [0.3, 0.4) is 0 Å². The monoisotopic (exact) mass is 332 g/mol. The van der Waals surface area contributed by atoms with Crippen LogP contribution < -0.4 is 5.73 Å². The molecule has 0 aliphatic carbocycles. The van der Waals surface area contributed by atoms with E-state index in [1.165, 1.54) is 4.31 Å². The molecule has 1 aromatic carbocycles. The summed E-state index contributed by atoms with van der Waals surface area (Å²) in [6.07, 6.45) is 0. The van der Waals surface area contributed by atoms with Gasteiger partial charge in [0.15, 0.2) is 0 Å². The van der Waals surface area contributed by atoms with Gasteiger partial charge in [-0.2, -0.15) is 4.31 Å². The smallest absolute Gasteiger partial charge is 0.243 e. The van der Waals surface area contributed by atoms with Gasteiger partial charge in [0.05, 0.1) is 4.90 Å². The van der Waals surface area contributed by atoms with Gasteiger partial charge >= 0.3 is 0 Å². The van der Waals surface area contributed by atoms with Crippen LogP contribution in [0, 0.1) is 5.92 Å². The maximum absolute atomic E-state index is 12.6. The maximum Gasteiger partial charge on any atom is 0.243 e. The molecule has 1 fully saturated rings. The SMILES string of the molecule is CC1CN(S(=O)(=O)c2ccc(C(C)(C)C)cc2)CC1N.Cl. The molecule has 120 valence electrons. The fraction of sp³-hybridized carbons (Fsp3) is 0.600. The summed E-state index contributed by atoms with van der Waals surface area (Å²) < 4.78 is 26.6. The highest BCUT2D eigenvalue weighted by atomic mass is 35.5. The van der Waals surface area contributed by atoms with Gasteiger partial charge in [-0.25, -0.2) is 8.42 Å². The first-order valence-corrected chi connectivity index (χ1v) is 8.42. The van der Waals surface area contributed by atoms with E-state index in [1.807, 2.05) is 19.1 Å². The van der Waals surface area contributed by atoms with E-state index in [4.69, 9.17) is 5.73 Å². The van der Waals surface area contributed by atoms with Crippen LogP contribution in [0.25, 0.3) is 0 Å². The summed E-state index contributed by atoms with van der Waals surface area (Å²) in [6, 6.07) is 7.12. The van der Waals surface area contributed by atoms with E-state index in [0.29, 0.717) is 18.0 Å². The minimum atomic E-state index is -3.41. The number of hydrogen-bond acceptors (Lipinski definition) is 3. The minimum absolute atomic E-state index is 0. The average molecular weight is 333 g/mol. The molecule has 0 amide bonds. The van der Waals surface area contributed by atoms with Crippen LogP contribution in [0.4, 0.5) is 0 Å². The van der Waals surface area contributed by atoms with Crippen molar-refractivity contribution in [2.24, 2.45) is 11.7 Å². The van der Waals surface area contributed by atoms with Crippen molar-refractivity contribution in [1.29, 1.82) is 0 Å². The van der Waals surface area contributed by atoms with E-state index in [1.54, 1.807) is 12.1 Å². The van der Waals surface area contributed by atoms with Crippen molar-refractivity contribution in [2.75, 3.05) is 13.1 Å². The highest BCUT2D eigenvalue weighted by Gasteiger charge is 2.35. The van der Waals surface area contributed by atoms with Gasteiger partial charge < -0.3 is 5.73 Å². The fourth-order valence-corrected chi connectivity index (χ4v) is 4.00. The molecule has 1 saturated heterocycles. The molecule has 1 aliphatic rings. The van der Waals surface area contributed by atoms with E-state index >= 15 is 0 Å². The Bertz CT molecular complexity index is 569. The van der Waals surface area contributed by atoms with Gasteiger partial charge in [0.1, 0.15) is 0 Å². The lowest BCUT2D eigenvalue weighted by atomic mass is 9.87. The van der Waals surface area contributed by atoms with Crippen molar-refractivity contribution < 1.29 is 8.42 Å². The largest absolute Gasteiger partial charge is 0.326 e. The number of hydrogen-bond donors (Lipinski definition) is 1. The predicted molar refractivity (Wildman–Crippen MR) is 88.3 cm³/mol. The van der Waals surface area contributed by atoms with Gasteiger partial charge in [-0.1, -0.05) is 39.8 Å². The molecule has 0 saturated carbocycles. The highest BCUT2D eigenvalue weighted by Crippen LogP contribution is 2.27. The zero-order valence-corrected chi connectivity index (χ0v) is 14.7. The summed E-state index contributed by atoms with van der Waals surface area (Å²) in [5.41, 5.74) is 7.07. The molecule has 2 N–H and O–H groups in total. The number of benzene rings is 1. The van der Waals surface area contributed by atoms with Crippen LogP contribution >= 0.6 is 12.4 Å². The molecule has 4 nitrogen and oxygen atoms in total. The molecule has 21 heavy (non-hydrogen) atoms. The van der Waals surface area contributed by atoms with Crippen molar-refractivity contribution in [3.63, 3.8) is 0 Å². The third-order valence-corrected chi connectivity index (χ3v) is 5.84. The van der Waals surface area contributed by atoms with Crippen LogP contribution in [-0.4, -0.2) is 31.9 Å². The second kappa shape index (κ2) is 6.24. The Balaban J connectivity index is 0.00000220. The fourth-order valence-electron chi connectivity index (χ4n) is 2.42. The minimum Gasteiger partial charge on any atom is -0.326 e. The van der Waals surface area contributed by atoms with Crippen molar-refractivity contribution in [2.45, 2.75) is 44.0 Å². The Hall–Kier alpha value is -0.620. The van der Waals surface area contributed by atoms with Crippen LogP contribution in [0.5, 0.6) is 0 Å². The quantitative estimate of drug-likeness (QED) is 0.904. The molecule has 1 heterocycles. The lowest BCUT2D eigenvalue weighted by Crippen LogP contribution is -2.32. The third-order valence-electron chi connectivity index (χ3n) is 4.00. The van der Waals surface area contributed by atoms with Crippen LogP contribution in [0.2, 0.25) is 0 Å². The molecule has 2 atom stereocenters. The molecule has 0 aromatic heterocycles. The normalized spacial score (nSPS) is 23.9. The summed E-state index contributed by atoms with van der Waals surface area (Å²) in [5.74, 6) is 0.207. The lowest BCUT2D eigenvalue weighted by Gasteiger charge is -2.20. The second-order valence-corrected chi connectivity index (χ2v) is 8.68. The Kier molecular flexibility index (Phi) is 5.48. The summed E-state index contributed by atoms with van der Waals surface area (Å²) in [4.78, 5) is 0.354. The van der Waals surface area contributed by atoms with E-state index in [-0.39, 0.29) is 29.8 Å². The zero-order valence-electron chi connectivity index (χ0n) is 13.0. The molecule has 2 rings (SSSR count). The summed E-state index contributed by atoms with van der Waals surface area (Å²) in [5, 5.41) is 0. The van der Waals surface area contributed by atoms with Crippen molar-refractivity contribution in [1.82, 2.24) is 4.31 Å². The van der Waals surface area contributed by atoms with E-state index in [9.17, 15) is 8.42 Å². The van der Waals surface area contributed by atoms with Crippen molar-refractivity contribution in [3.05, 3.63) is 29.8 Å². The Morgan fingerprint density at radius 1 is 1.14 bits per heavy atom. The summed E-state index contributed by atoms with van der Waals surface area (Å²) >= 11 is 0. The van der Waals surface area contributed by atoms with Gasteiger partial charge in [0, 0.05) is 19.1 Å². The lowest BCUT2D eigenvalue weighted by molar-refractivity contribution is 0.464. The van der Waals surface area contributed by atoms with Gasteiger partial charge in [-0.15, -0.1) is 12.4 Å². The maximum atomic E-state index is 12.6. The predicted octanol–water partition coefficient (Wildman–Crippen LogP) is 2.37. The standard InChI is InChI=1S/C15H24N2O2S.ClH/c1-11-9-17(10-14(11)16)20(18,19)13-7-5-12(6-8-13)15(2,3)4;/h5-8,11,14H,9-10,16H2,1-4H3;1H. The number of nitrogens with zero attached hydrogens (tertiary/aromatic N) is 1. The Morgan fingerprint density at radius 2 is 1.67 bits per heavy atom.